The van der Waals surface area contributed by atoms with Crippen LogP contribution < -0.4 is 5.32 Å². The highest BCUT2D eigenvalue weighted by Crippen LogP contribution is 2.29. The molecule has 0 atom stereocenters. The van der Waals surface area contributed by atoms with Crippen LogP contribution in [0.1, 0.15) is 48.9 Å². The molecule has 0 aliphatic heterocycles. The molecule has 0 saturated heterocycles. The Morgan fingerprint density at radius 1 is 1.25 bits per heavy atom. The molecule has 0 saturated carbocycles. The van der Waals surface area contributed by atoms with E-state index in [1.165, 1.54) is 4.88 Å². The summed E-state index contributed by atoms with van der Waals surface area (Å²) < 4.78 is 5.07. The first-order chi connectivity index (χ1) is 13.4. The molecule has 0 unspecified atom stereocenters. The maximum Gasteiger partial charge on any atom is 0.340 e. The number of esters is 1. The van der Waals surface area contributed by atoms with Crippen LogP contribution in [0.2, 0.25) is 0 Å². The molecule has 0 aromatic carbocycles. The zero-order valence-corrected chi connectivity index (χ0v) is 18.0. The zero-order chi connectivity index (χ0) is 20.3. The number of aryl methyl sites for hydroxylation is 2. The number of thiophene rings is 1. The summed E-state index contributed by atoms with van der Waals surface area (Å²) >= 11 is 3.33. The fourth-order valence-electron chi connectivity index (χ4n) is 3.00. The lowest BCUT2D eigenvalue weighted by atomic mass is 10.1. The van der Waals surface area contributed by atoms with Gasteiger partial charge in [-0.15, -0.1) is 22.7 Å². The van der Waals surface area contributed by atoms with Crippen molar-refractivity contribution in [3.05, 3.63) is 49.9 Å². The number of aromatic amines is 1. The van der Waals surface area contributed by atoms with E-state index in [9.17, 15) is 9.59 Å². The van der Waals surface area contributed by atoms with Gasteiger partial charge in [0.2, 0.25) is 0 Å². The Bertz CT molecular complexity index is 1000. The molecule has 0 aliphatic rings. The first-order valence-corrected chi connectivity index (χ1v) is 10.8. The van der Waals surface area contributed by atoms with Crippen LogP contribution in [-0.4, -0.2) is 35.0 Å². The standard InChI is InChI=1S/C20H23N3O3S2/c1-5-26-20(25)17-11(2)18(22-12(17)3)19(24)21-9-8-14-6-7-16(28-14)15-10-27-13(4)23-15/h6-7,10,22H,5,8-9H2,1-4H3,(H,21,24). The van der Waals surface area contributed by atoms with Crippen LogP contribution in [0.15, 0.2) is 17.5 Å². The Balaban J connectivity index is 1.60. The second kappa shape index (κ2) is 8.70. The molecule has 3 aromatic heterocycles. The van der Waals surface area contributed by atoms with Crippen LogP contribution in [0, 0.1) is 20.8 Å². The summed E-state index contributed by atoms with van der Waals surface area (Å²) in [5.41, 5.74) is 3.11. The summed E-state index contributed by atoms with van der Waals surface area (Å²) in [7, 11) is 0. The summed E-state index contributed by atoms with van der Waals surface area (Å²) in [6.45, 7) is 8.09. The highest BCUT2D eigenvalue weighted by molar-refractivity contribution is 7.16. The number of carbonyl (C=O) groups is 2. The van der Waals surface area contributed by atoms with Crippen molar-refractivity contribution < 1.29 is 14.3 Å². The molecule has 0 radical (unpaired) electrons. The van der Waals surface area contributed by atoms with E-state index >= 15 is 0 Å². The van der Waals surface area contributed by atoms with Gasteiger partial charge in [-0.1, -0.05) is 0 Å². The van der Waals surface area contributed by atoms with Crippen LogP contribution in [0.4, 0.5) is 0 Å². The molecule has 28 heavy (non-hydrogen) atoms. The number of thiazole rings is 1. The maximum atomic E-state index is 12.5. The van der Waals surface area contributed by atoms with Crippen molar-refractivity contribution in [3.8, 4) is 10.6 Å². The SMILES string of the molecule is CCOC(=O)c1c(C)[nH]c(C(=O)NCCc2ccc(-c3csc(C)n3)s2)c1C. The molecule has 3 aromatic rings. The Labute approximate surface area is 172 Å². The average molecular weight is 418 g/mol. The molecular formula is C20H23N3O3S2. The van der Waals surface area contributed by atoms with Gasteiger partial charge < -0.3 is 15.0 Å². The second-order valence-corrected chi connectivity index (χ2v) is 8.60. The van der Waals surface area contributed by atoms with Gasteiger partial charge in [-0.25, -0.2) is 9.78 Å². The first kappa shape index (κ1) is 20.3. The van der Waals surface area contributed by atoms with E-state index in [2.05, 4.69) is 32.8 Å². The predicted octanol–water partition coefficient (Wildman–Crippen LogP) is 4.27. The lowest BCUT2D eigenvalue weighted by Crippen LogP contribution is -2.26. The summed E-state index contributed by atoms with van der Waals surface area (Å²) in [5, 5.41) is 6.04. The van der Waals surface area contributed by atoms with Gasteiger partial charge in [0.1, 0.15) is 5.69 Å². The highest BCUT2D eigenvalue weighted by atomic mass is 32.1. The van der Waals surface area contributed by atoms with Crippen molar-refractivity contribution in [3.63, 3.8) is 0 Å². The monoisotopic (exact) mass is 417 g/mol. The molecule has 3 heterocycles. The molecule has 2 N–H and O–H groups in total. The number of carbonyl (C=O) groups excluding carboxylic acids is 2. The first-order valence-electron chi connectivity index (χ1n) is 9.06. The quantitative estimate of drug-likeness (QED) is 0.562. The van der Waals surface area contributed by atoms with Gasteiger partial charge in [0.15, 0.2) is 0 Å². The number of H-pyrrole nitrogens is 1. The summed E-state index contributed by atoms with van der Waals surface area (Å²) in [6.07, 6.45) is 0.739. The minimum Gasteiger partial charge on any atom is -0.462 e. The van der Waals surface area contributed by atoms with Crippen molar-refractivity contribution in [2.45, 2.75) is 34.1 Å². The summed E-state index contributed by atoms with van der Waals surface area (Å²) in [5.74, 6) is -0.626. The fourth-order valence-corrected chi connectivity index (χ4v) is 4.66. The Hall–Kier alpha value is -2.45. The minimum atomic E-state index is -0.406. The van der Waals surface area contributed by atoms with E-state index in [0.29, 0.717) is 35.7 Å². The number of nitrogens with one attached hydrogen (secondary N) is 2. The van der Waals surface area contributed by atoms with E-state index in [-0.39, 0.29) is 5.91 Å². The second-order valence-electron chi connectivity index (χ2n) is 6.37. The largest absolute Gasteiger partial charge is 0.462 e. The molecule has 1 amide bonds. The third-order valence-corrected chi connectivity index (χ3v) is 6.28. The van der Waals surface area contributed by atoms with Crippen LogP contribution >= 0.6 is 22.7 Å². The van der Waals surface area contributed by atoms with Crippen molar-refractivity contribution in [2.24, 2.45) is 0 Å². The molecule has 0 aliphatic carbocycles. The summed E-state index contributed by atoms with van der Waals surface area (Å²) in [4.78, 5) is 34.4. The number of hydrogen-bond donors (Lipinski definition) is 2. The van der Waals surface area contributed by atoms with Crippen LogP contribution in [-0.2, 0) is 11.2 Å². The zero-order valence-electron chi connectivity index (χ0n) is 16.3. The Kier molecular flexibility index (Phi) is 6.31. The van der Waals surface area contributed by atoms with E-state index in [1.807, 2.05) is 6.92 Å². The van der Waals surface area contributed by atoms with Crippen LogP contribution in [0.3, 0.4) is 0 Å². The normalized spacial score (nSPS) is 10.9. The fraction of sp³-hybridized carbons (Fsp3) is 0.350. The number of aromatic nitrogens is 2. The van der Waals surface area contributed by atoms with Crippen molar-refractivity contribution in [2.75, 3.05) is 13.2 Å². The Morgan fingerprint density at radius 2 is 2.04 bits per heavy atom. The lowest BCUT2D eigenvalue weighted by molar-refractivity contribution is 0.0525. The number of hydrogen-bond acceptors (Lipinski definition) is 6. The van der Waals surface area contributed by atoms with Crippen LogP contribution in [0.5, 0.6) is 0 Å². The maximum absolute atomic E-state index is 12.5. The van der Waals surface area contributed by atoms with E-state index in [0.717, 1.165) is 22.0 Å². The molecule has 0 spiro atoms. The molecular weight excluding hydrogens is 394 g/mol. The van der Waals surface area contributed by atoms with Gasteiger partial charge in [0.25, 0.3) is 5.91 Å². The minimum absolute atomic E-state index is 0.219. The van der Waals surface area contributed by atoms with E-state index in [1.54, 1.807) is 43.4 Å². The number of amides is 1. The van der Waals surface area contributed by atoms with Gasteiger partial charge in [-0.05, 0) is 51.8 Å². The van der Waals surface area contributed by atoms with Crippen LogP contribution in [0.25, 0.3) is 10.6 Å². The Morgan fingerprint density at radius 3 is 2.71 bits per heavy atom. The molecule has 8 heteroatoms. The molecule has 0 fully saturated rings. The van der Waals surface area contributed by atoms with Gasteiger partial charge in [0.05, 0.1) is 27.7 Å². The third-order valence-electron chi connectivity index (χ3n) is 4.33. The number of nitrogens with zero attached hydrogens (tertiary/aromatic N) is 1. The lowest BCUT2D eigenvalue weighted by Gasteiger charge is -2.05. The highest BCUT2D eigenvalue weighted by Gasteiger charge is 2.22. The molecule has 6 nitrogen and oxygen atoms in total. The topological polar surface area (TPSA) is 84.1 Å². The average Bonchev–Trinajstić information content (AvgIpc) is 3.34. The molecule has 0 bridgehead atoms. The molecule has 148 valence electrons. The van der Waals surface area contributed by atoms with Gasteiger partial charge >= 0.3 is 5.97 Å². The van der Waals surface area contributed by atoms with Crippen molar-refractivity contribution in [1.29, 1.82) is 0 Å². The smallest absolute Gasteiger partial charge is 0.340 e. The van der Waals surface area contributed by atoms with E-state index < -0.39 is 5.97 Å². The van der Waals surface area contributed by atoms with Gasteiger partial charge in [-0.3, -0.25) is 4.79 Å². The van der Waals surface area contributed by atoms with Gasteiger partial charge in [0, 0.05) is 22.5 Å². The molecule has 3 rings (SSSR count). The third kappa shape index (κ3) is 4.34. The number of ether oxygens (including phenoxy) is 1. The van der Waals surface area contributed by atoms with Crippen molar-refractivity contribution in [1.82, 2.24) is 15.3 Å². The summed E-state index contributed by atoms with van der Waals surface area (Å²) in [6, 6.07) is 4.14. The predicted molar refractivity (Wildman–Crippen MR) is 112 cm³/mol. The van der Waals surface area contributed by atoms with E-state index in [4.69, 9.17) is 4.74 Å². The van der Waals surface area contributed by atoms with Gasteiger partial charge in [-0.2, -0.15) is 0 Å². The van der Waals surface area contributed by atoms with Crippen molar-refractivity contribution >= 4 is 34.6 Å². The number of rotatable bonds is 7.